The molecule has 11 heteroatoms. The van der Waals surface area contributed by atoms with E-state index >= 15 is 0 Å². The Bertz CT molecular complexity index is 1170. The van der Waals surface area contributed by atoms with Gasteiger partial charge in [0.25, 0.3) is 5.91 Å². The van der Waals surface area contributed by atoms with Crippen LogP contribution in [0.4, 0.5) is 5.69 Å². The molecule has 0 atom stereocenters. The van der Waals surface area contributed by atoms with Gasteiger partial charge in [0.1, 0.15) is 12.1 Å². The molecule has 0 bridgehead atoms. The van der Waals surface area contributed by atoms with Crippen molar-refractivity contribution in [2.45, 2.75) is 30.6 Å². The number of nitrogens with zero attached hydrogens (tertiary/aromatic N) is 5. The maximum atomic E-state index is 13.2. The SMILES string of the molecule is COc1ccc(S(=O)(=O)N2CCCCCC2)cc1C(=O)Nc1ccc(-n2cnnn2)cc1. The second-order valence-corrected chi connectivity index (χ2v) is 9.37. The van der Waals surface area contributed by atoms with Crippen molar-refractivity contribution in [2.75, 3.05) is 25.5 Å². The van der Waals surface area contributed by atoms with E-state index in [-0.39, 0.29) is 10.5 Å². The minimum Gasteiger partial charge on any atom is -0.496 e. The molecule has 1 aliphatic rings. The first kappa shape index (κ1) is 21.9. The van der Waals surface area contributed by atoms with Crippen LogP contribution in [-0.4, -0.2) is 59.0 Å². The number of carbonyl (C=O) groups excluding carboxylic acids is 1. The molecule has 0 radical (unpaired) electrons. The summed E-state index contributed by atoms with van der Waals surface area (Å²) in [7, 11) is -2.25. The zero-order valence-corrected chi connectivity index (χ0v) is 18.5. The van der Waals surface area contributed by atoms with E-state index in [9.17, 15) is 13.2 Å². The number of amides is 1. The van der Waals surface area contributed by atoms with Gasteiger partial charge in [0, 0.05) is 18.8 Å². The fourth-order valence-electron chi connectivity index (χ4n) is 3.63. The summed E-state index contributed by atoms with van der Waals surface area (Å²) in [5.41, 5.74) is 1.42. The van der Waals surface area contributed by atoms with E-state index in [1.54, 1.807) is 24.3 Å². The van der Waals surface area contributed by atoms with Crippen LogP contribution in [0.15, 0.2) is 53.7 Å². The minimum atomic E-state index is -3.69. The Hall–Kier alpha value is -3.31. The summed E-state index contributed by atoms with van der Waals surface area (Å²) in [5, 5.41) is 13.8. The number of carbonyl (C=O) groups is 1. The van der Waals surface area contributed by atoms with Crippen molar-refractivity contribution in [3.8, 4) is 11.4 Å². The van der Waals surface area contributed by atoms with E-state index in [2.05, 4.69) is 20.8 Å². The molecule has 0 aliphatic carbocycles. The molecule has 1 aliphatic heterocycles. The summed E-state index contributed by atoms with van der Waals surface area (Å²) in [5.74, 6) is -0.174. The first-order valence-electron chi connectivity index (χ1n) is 10.3. The predicted octanol–water partition coefficient (Wildman–Crippen LogP) is 2.49. The van der Waals surface area contributed by atoms with Gasteiger partial charge in [-0.2, -0.15) is 4.31 Å². The first-order valence-corrected chi connectivity index (χ1v) is 11.8. The van der Waals surface area contributed by atoms with Crippen LogP contribution in [0, 0.1) is 0 Å². The fraction of sp³-hybridized carbons (Fsp3) is 0.333. The van der Waals surface area contributed by atoms with Crippen LogP contribution in [0.2, 0.25) is 0 Å². The standard InChI is InChI=1S/C21H24N6O4S/c1-31-20-11-10-18(32(29,30)26-12-4-2-3-5-13-26)14-19(20)21(28)23-16-6-8-17(9-7-16)27-15-22-24-25-27/h6-11,14-15H,2-5,12-13H2,1H3,(H,23,28). The lowest BCUT2D eigenvalue weighted by atomic mass is 10.1. The van der Waals surface area contributed by atoms with Crippen molar-refractivity contribution < 1.29 is 17.9 Å². The third-order valence-electron chi connectivity index (χ3n) is 5.36. The quantitative estimate of drug-likeness (QED) is 0.605. The summed E-state index contributed by atoms with van der Waals surface area (Å²) >= 11 is 0. The molecule has 1 amide bonds. The lowest BCUT2D eigenvalue weighted by Gasteiger charge is -2.20. The van der Waals surface area contributed by atoms with Crippen molar-refractivity contribution in [1.82, 2.24) is 24.5 Å². The number of benzene rings is 2. The van der Waals surface area contributed by atoms with Gasteiger partial charge in [-0.05, 0) is 65.7 Å². The molecule has 1 saturated heterocycles. The first-order chi connectivity index (χ1) is 15.5. The van der Waals surface area contributed by atoms with Crippen LogP contribution in [0.1, 0.15) is 36.0 Å². The van der Waals surface area contributed by atoms with E-state index in [0.29, 0.717) is 24.5 Å². The number of nitrogens with one attached hydrogen (secondary N) is 1. The number of aromatic nitrogens is 4. The number of hydrogen-bond donors (Lipinski definition) is 1. The summed E-state index contributed by atoms with van der Waals surface area (Å²) in [6.45, 7) is 0.979. The highest BCUT2D eigenvalue weighted by atomic mass is 32.2. The molecule has 4 rings (SSSR count). The van der Waals surface area contributed by atoms with Gasteiger partial charge >= 0.3 is 0 Å². The monoisotopic (exact) mass is 456 g/mol. The highest BCUT2D eigenvalue weighted by molar-refractivity contribution is 7.89. The molecule has 1 fully saturated rings. The predicted molar refractivity (Wildman–Crippen MR) is 117 cm³/mol. The Kier molecular flexibility index (Phi) is 6.47. The molecule has 3 aromatic rings. The van der Waals surface area contributed by atoms with E-state index < -0.39 is 15.9 Å². The van der Waals surface area contributed by atoms with Gasteiger partial charge in [-0.3, -0.25) is 4.79 Å². The molecule has 2 aromatic carbocycles. The van der Waals surface area contributed by atoms with Crippen molar-refractivity contribution in [1.29, 1.82) is 0 Å². The normalized spacial score (nSPS) is 15.2. The number of methoxy groups -OCH3 is 1. The van der Waals surface area contributed by atoms with Crippen LogP contribution in [0.25, 0.3) is 5.69 Å². The lowest BCUT2D eigenvalue weighted by molar-refractivity contribution is 0.102. The molecule has 0 unspecified atom stereocenters. The summed E-state index contributed by atoms with van der Waals surface area (Å²) in [4.78, 5) is 13.1. The Labute approximate surface area is 186 Å². The number of tetrazole rings is 1. The van der Waals surface area contributed by atoms with Gasteiger partial charge in [0.15, 0.2) is 0 Å². The van der Waals surface area contributed by atoms with E-state index in [4.69, 9.17) is 4.74 Å². The molecule has 1 aromatic heterocycles. The topological polar surface area (TPSA) is 119 Å². The van der Waals surface area contributed by atoms with Crippen LogP contribution in [-0.2, 0) is 10.0 Å². The van der Waals surface area contributed by atoms with Gasteiger partial charge in [0.2, 0.25) is 10.0 Å². The summed E-state index contributed by atoms with van der Waals surface area (Å²) in [6, 6.07) is 11.3. The number of hydrogen-bond acceptors (Lipinski definition) is 7. The smallest absolute Gasteiger partial charge is 0.259 e. The summed E-state index contributed by atoms with van der Waals surface area (Å²) < 4.78 is 34.6. The molecule has 0 saturated carbocycles. The van der Waals surface area contributed by atoms with Gasteiger partial charge in [0.05, 0.1) is 23.3 Å². The van der Waals surface area contributed by atoms with Crippen LogP contribution < -0.4 is 10.1 Å². The number of rotatable bonds is 6. The van der Waals surface area contributed by atoms with Gasteiger partial charge in [-0.1, -0.05) is 12.8 Å². The van der Waals surface area contributed by atoms with Gasteiger partial charge in [-0.25, -0.2) is 13.1 Å². The second-order valence-electron chi connectivity index (χ2n) is 7.44. The van der Waals surface area contributed by atoms with Crippen LogP contribution in [0.3, 0.4) is 0 Å². The van der Waals surface area contributed by atoms with E-state index in [1.807, 2.05) is 0 Å². The molecule has 1 N–H and O–H groups in total. The molecule has 10 nitrogen and oxygen atoms in total. The largest absolute Gasteiger partial charge is 0.496 e. The molecule has 168 valence electrons. The molecule has 0 spiro atoms. The third-order valence-corrected chi connectivity index (χ3v) is 7.25. The van der Waals surface area contributed by atoms with Crippen LogP contribution >= 0.6 is 0 Å². The number of anilines is 1. The lowest BCUT2D eigenvalue weighted by Crippen LogP contribution is -2.32. The molecule has 2 heterocycles. The van der Waals surface area contributed by atoms with Crippen molar-refractivity contribution in [3.63, 3.8) is 0 Å². The Morgan fingerprint density at radius 1 is 1.03 bits per heavy atom. The summed E-state index contributed by atoms with van der Waals surface area (Å²) in [6.07, 6.45) is 5.18. The average Bonchev–Trinajstić information content (AvgIpc) is 3.20. The highest BCUT2D eigenvalue weighted by Gasteiger charge is 2.27. The van der Waals surface area contributed by atoms with Gasteiger partial charge < -0.3 is 10.1 Å². The van der Waals surface area contributed by atoms with E-state index in [1.165, 1.54) is 40.6 Å². The maximum Gasteiger partial charge on any atom is 0.259 e. The zero-order chi connectivity index (χ0) is 22.6. The van der Waals surface area contributed by atoms with Crippen molar-refractivity contribution in [2.24, 2.45) is 0 Å². The zero-order valence-electron chi connectivity index (χ0n) is 17.6. The van der Waals surface area contributed by atoms with Crippen molar-refractivity contribution in [3.05, 3.63) is 54.4 Å². The van der Waals surface area contributed by atoms with Crippen molar-refractivity contribution >= 4 is 21.6 Å². The highest BCUT2D eigenvalue weighted by Crippen LogP contribution is 2.27. The Morgan fingerprint density at radius 3 is 2.38 bits per heavy atom. The number of sulfonamides is 1. The number of ether oxygens (including phenoxy) is 1. The Morgan fingerprint density at radius 2 is 1.75 bits per heavy atom. The molecule has 32 heavy (non-hydrogen) atoms. The third kappa shape index (κ3) is 4.63. The Balaban J connectivity index is 1.57. The maximum absolute atomic E-state index is 13.2. The molecular formula is C21H24N6O4S. The fourth-order valence-corrected chi connectivity index (χ4v) is 5.18. The van der Waals surface area contributed by atoms with E-state index in [0.717, 1.165) is 31.4 Å². The molecular weight excluding hydrogens is 432 g/mol. The average molecular weight is 457 g/mol. The van der Waals surface area contributed by atoms with Gasteiger partial charge in [-0.15, -0.1) is 5.10 Å². The van der Waals surface area contributed by atoms with Crippen LogP contribution in [0.5, 0.6) is 5.75 Å². The second kappa shape index (κ2) is 9.45. The minimum absolute atomic E-state index is 0.0828.